The molecule has 0 aliphatic carbocycles. The molecule has 0 aliphatic rings. The second kappa shape index (κ2) is 8.97. The van der Waals surface area contributed by atoms with Crippen molar-refractivity contribution in [3.63, 3.8) is 0 Å². The van der Waals surface area contributed by atoms with Gasteiger partial charge in [-0.3, -0.25) is 0 Å². The van der Waals surface area contributed by atoms with Crippen molar-refractivity contribution in [3.05, 3.63) is 72.3 Å². The number of nitrogens with zero attached hydrogens (tertiary/aromatic N) is 1. The Kier molecular flexibility index (Phi) is 5.95. The van der Waals surface area contributed by atoms with Gasteiger partial charge in [-0.05, 0) is 42.3 Å². The van der Waals surface area contributed by atoms with Crippen LogP contribution in [0.4, 0.5) is 10.5 Å². The van der Waals surface area contributed by atoms with E-state index in [1.54, 1.807) is 12.1 Å². The normalized spacial score (nSPS) is 12.2. The fraction of sp³-hybridized carbons (Fsp3) is 0.208. The number of aromatic amines is 1. The fourth-order valence-corrected chi connectivity index (χ4v) is 3.70. The van der Waals surface area contributed by atoms with Gasteiger partial charge in [0.05, 0.1) is 12.1 Å². The van der Waals surface area contributed by atoms with E-state index in [1.807, 2.05) is 54.6 Å². The number of carboxylic acid groups (broad SMARTS) is 1. The molecule has 1 aromatic heterocycles. The number of para-hydroxylation sites is 1. The second-order valence-corrected chi connectivity index (χ2v) is 7.53. The first-order valence-electron chi connectivity index (χ1n) is 10.1. The standard InChI is InChI=1S/C24H25N3O4/c25-17-10-8-16(9-11-17)12-13-27(24(29)30)14-18(28)15-31-22-7-3-6-21-23(22)19-4-1-2-5-20(19)26-21/h1-11,18,26,28H,12-15,25H2,(H,29,30)/t18-/m0/s1. The van der Waals surface area contributed by atoms with Gasteiger partial charge in [-0.1, -0.05) is 36.4 Å². The molecule has 0 saturated heterocycles. The topological polar surface area (TPSA) is 112 Å². The number of aliphatic hydroxyl groups is 1. The molecule has 1 amide bonds. The molecule has 0 spiro atoms. The number of aliphatic hydroxyl groups excluding tert-OH is 1. The lowest BCUT2D eigenvalue weighted by Gasteiger charge is -2.22. The number of fused-ring (bicyclic) bond motifs is 3. The van der Waals surface area contributed by atoms with E-state index in [1.165, 1.54) is 4.90 Å². The SMILES string of the molecule is Nc1ccc(CCN(C[C@H](O)COc2cccc3[nH]c4ccccc4c23)C(=O)O)cc1. The van der Waals surface area contributed by atoms with E-state index in [-0.39, 0.29) is 19.7 Å². The van der Waals surface area contributed by atoms with Crippen LogP contribution in [0.25, 0.3) is 21.8 Å². The Labute approximate surface area is 179 Å². The first-order chi connectivity index (χ1) is 15.0. The predicted molar refractivity (Wildman–Crippen MR) is 121 cm³/mol. The van der Waals surface area contributed by atoms with Crippen LogP contribution in [0.2, 0.25) is 0 Å². The number of hydrogen-bond donors (Lipinski definition) is 4. The van der Waals surface area contributed by atoms with E-state index < -0.39 is 12.2 Å². The number of ether oxygens (including phenoxy) is 1. The van der Waals surface area contributed by atoms with Crippen molar-refractivity contribution in [3.8, 4) is 5.75 Å². The number of carbonyl (C=O) groups is 1. The largest absolute Gasteiger partial charge is 0.490 e. The maximum absolute atomic E-state index is 11.6. The lowest BCUT2D eigenvalue weighted by Crippen LogP contribution is -2.40. The number of amides is 1. The minimum Gasteiger partial charge on any atom is -0.490 e. The van der Waals surface area contributed by atoms with Crippen LogP contribution in [0.15, 0.2) is 66.7 Å². The summed E-state index contributed by atoms with van der Waals surface area (Å²) in [5, 5.41) is 21.9. The van der Waals surface area contributed by atoms with Crippen molar-refractivity contribution >= 4 is 33.6 Å². The highest BCUT2D eigenvalue weighted by Gasteiger charge is 2.18. The van der Waals surface area contributed by atoms with E-state index in [0.29, 0.717) is 17.9 Å². The van der Waals surface area contributed by atoms with Gasteiger partial charge in [-0.25, -0.2) is 4.79 Å². The second-order valence-electron chi connectivity index (χ2n) is 7.53. The summed E-state index contributed by atoms with van der Waals surface area (Å²) in [6.45, 7) is 0.229. The predicted octanol–water partition coefficient (Wildman–Crippen LogP) is 3.87. The molecular weight excluding hydrogens is 394 g/mol. The molecule has 0 unspecified atom stereocenters. The van der Waals surface area contributed by atoms with Crippen LogP contribution in [0.1, 0.15) is 5.56 Å². The van der Waals surface area contributed by atoms with E-state index in [2.05, 4.69) is 4.98 Å². The van der Waals surface area contributed by atoms with Crippen LogP contribution in [0.5, 0.6) is 5.75 Å². The fourth-order valence-electron chi connectivity index (χ4n) is 3.70. The van der Waals surface area contributed by atoms with E-state index in [4.69, 9.17) is 10.5 Å². The zero-order valence-electron chi connectivity index (χ0n) is 17.0. The first-order valence-corrected chi connectivity index (χ1v) is 10.1. The van der Waals surface area contributed by atoms with Gasteiger partial charge in [0.2, 0.25) is 0 Å². The molecule has 0 saturated carbocycles. The molecule has 4 rings (SSSR count). The number of rotatable bonds is 8. The smallest absolute Gasteiger partial charge is 0.407 e. The molecule has 1 heterocycles. The van der Waals surface area contributed by atoms with Crippen molar-refractivity contribution in [2.24, 2.45) is 0 Å². The van der Waals surface area contributed by atoms with Gasteiger partial charge < -0.3 is 30.6 Å². The highest BCUT2D eigenvalue weighted by atomic mass is 16.5. The van der Waals surface area contributed by atoms with E-state index in [0.717, 1.165) is 27.4 Å². The Hall–Kier alpha value is -3.71. The number of benzene rings is 3. The zero-order valence-corrected chi connectivity index (χ0v) is 17.0. The average molecular weight is 419 g/mol. The number of nitrogen functional groups attached to an aromatic ring is 1. The molecule has 0 aliphatic heterocycles. The molecular formula is C24H25N3O4. The Morgan fingerprint density at radius 3 is 2.55 bits per heavy atom. The number of aromatic nitrogens is 1. The number of nitrogens with two attached hydrogens (primary N) is 1. The highest BCUT2D eigenvalue weighted by molar-refractivity contribution is 6.10. The Morgan fingerprint density at radius 2 is 1.77 bits per heavy atom. The first kappa shape index (κ1) is 20.6. The number of nitrogens with one attached hydrogen (secondary N) is 1. The lowest BCUT2D eigenvalue weighted by atomic mass is 10.1. The molecule has 5 N–H and O–H groups in total. The van der Waals surface area contributed by atoms with Crippen LogP contribution in [-0.4, -0.2) is 52.0 Å². The van der Waals surface area contributed by atoms with Crippen LogP contribution >= 0.6 is 0 Å². The average Bonchev–Trinajstić information content (AvgIpc) is 3.15. The summed E-state index contributed by atoms with van der Waals surface area (Å²) >= 11 is 0. The lowest BCUT2D eigenvalue weighted by molar-refractivity contribution is 0.0660. The summed E-state index contributed by atoms with van der Waals surface area (Å²) in [4.78, 5) is 16.2. The van der Waals surface area contributed by atoms with Crippen molar-refractivity contribution in [1.29, 1.82) is 0 Å². The summed E-state index contributed by atoms with van der Waals surface area (Å²) in [7, 11) is 0. The third-order valence-electron chi connectivity index (χ3n) is 5.27. The summed E-state index contributed by atoms with van der Waals surface area (Å²) in [6, 6.07) is 21.0. The summed E-state index contributed by atoms with van der Waals surface area (Å²) < 4.78 is 5.90. The highest BCUT2D eigenvalue weighted by Crippen LogP contribution is 2.33. The molecule has 31 heavy (non-hydrogen) atoms. The van der Waals surface area contributed by atoms with Gasteiger partial charge in [0.1, 0.15) is 18.5 Å². The van der Waals surface area contributed by atoms with Crippen LogP contribution in [-0.2, 0) is 6.42 Å². The van der Waals surface area contributed by atoms with Crippen molar-refractivity contribution in [2.45, 2.75) is 12.5 Å². The molecule has 160 valence electrons. The van der Waals surface area contributed by atoms with Gasteiger partial charge in [0.15, 0.2) is 0 Å². The van der Waals surface area contributed by atoms with Crippen molar-refractivity contribution < 1.29 is 19.7 Å². The minimum absolute atomic E-state index is 0.00965. The summed E-state index contributed by atoms with van der Waals surface area (Å²) in [5.74, 6) is 0.651. The van der Waals surface area contributed by atoms with Crippen LogP contribution < -0.4 is 10.5 Å². The van der Waals surface area contributed by atoms with Gasteiger partial charge in [-0.15, -0.1) is 0 Å². The molecule has 1 atom stereocenters. The third kappa shape index (κ3) is 4.73. The Bertz CT molecular complexity index is 1190. The number of hydrogen-bond acceptors (Lipinski definition) is 4. The molecule has 3 aromatic carbocycles. The van der Waals surface area contributed by atoms with E-state index in [9.17, 15) is 15.0 Å². The maximum atomic E-state index is 11.6. The minimum atomic E-state index is -1.08. The van der Waals surface area contributed by atoms with Gasteiger partial charge >= 0.3 is 6.09 Å². The Morgan fingerprint density at radius 1 is 1.03 bits per heavy atom. The third-order valence-corrected chi connectivity index (χ3v) is 5.27. The molecule has 4 aromatic rings. The Balaban J connectivity index is 1.40. The summed E-state index contributed by atoms with van der Waals surface area (Å²) in [5.41, 5.74) is 9.29. The van der Waals surface area contributed by atoms with E-state index >= 15 is 0 Å². The quantitative estimate of drug-likeness (QED) is 0.324. The molecule has 0 radical (unpaired) electrons. The van der Waals surface area contributed by atoms with Gasteiger partial charge in [0, 0.05) is 28.5 Å². The molecule has 0 fully saturated rings. The maximum Gasteiger partial charge on any atom is 0.407 e. The number of H-pyrrole nitrogens is 1. The van der Waals surface area contributed by atoms with Gasteiger partial charge in [-0.2, -0.15) is 0 Å². The zero-order chi connectivity index (χ0) is 21.8. The van der Waals surface area contributed by atoms with Crippen molar-refractivity contribution in [1.82, 2.24) is 9.88 Å². The van der Waals surface area contributed by atoms with Crippen LogP contribution in [0.3, 0.4) is 0 Å². The molecule has 7 nitrogen and oxygen atoms in total. The number of anilines is 1. The van der Waals surface area contributed by atoms with Crippen LogP contribution in [0, 0.1) is 0 Å². The van der Waals surface area contributed by atoms with Gasteiger partial charge in [0.25, 0.3) is 0 Å². The van der Waals surface area contributed by atoms with Crippen molar-refractivity contribution in [2.75, 3.05) is 25.4 Å². The molecule has 0 bridgehead atoms. The summed E-state index contributed by atoms with van der Waals surface area (Å²) in [6.07, 6.45) is -1.49. The molecule has 7 heteroatoms. The monoisotopic (exact) mass is 419 g/mol.